The van der Waals surface area contributed by atoms with Crippen LogP contribution in [0.4, 0.5) is 0 Å². The van der Waals surface area contributed by atoms with Crippen molar-refractivity contribution in [2.75, 3.05) is 13.6 Å². The quantitative estimate of drug-likeness (QED) is 0.610. The van der Waals surface area contributed by atoms with Gasteiger partial charge in [0.05, 0.1) is 0 Å². The van der Waals surface area contributed by atoms with Crippen LogP contribution in [0.5, 0.6) is 0 Å². The van der Waals surface area contributed by atoms with E-state index in [1.165, 1.54) is 11.1 Å². The van der Waals surface area contributed by atoms with Gasteiger partial charge in [-0.05, 0) is 29.9 Å². The third-order valence-electron chi connectivity index (χ3n) is 3.18. The Hall–Kier alpha value is -1.51. The second-order valence-electron chi connectivity index (χ2n) is 5.16. The van der Waals surface area contributed by atoms with Crippen LogP contribution >= 0.6 is 0 Å². The maximum absolute atomic E-state index is 4.25. The van der Waals surface area contributed by atoms with E-state index in [0.29, 0.717) is 5.92 Å². The molecule has 0 heterocycles. The van der Waals surface area contributed by atoms with E-state index in [9.17, 15) is 0 Å². The minimum absolute atomic E-state index is 0.714. The molecule has 0 aromatic heterocycles. The first-order valence-electron chi connectivity index (χ1n) is 7.18. The molecule has 3 heteroatoms. The van der Waals surface area contributed by atoms with Crippen molar-refractivity contribution >= 4 is 5.96 Å². The van der Waals surface area contributed by atoms with Crippen LogP contribution in [0.25, 0.3) is 0 Å². The number of rotatable bonds is 6. The molecule has 1 aromatic rings. The number of aryl methyl sites for hydroxylation is 1. The summed E-state index contributed by atoms with van der Waals surface area (Å²) in [6.07, 6.45) is 2.23. The Bertz CT molecular complexity index is 397. The molecule has 0 amide bonds. The third-order valence-corrected chi connectivity index (χ3v) is 3.18. The van der Waals surface area contributed by atoms with Gasteiger partial charge in [0.15, 0.2) is 5.96 Å². The van der Waals surface area contributed by atoms with E-state index >= 15 is 0 Å². The lowest BCUT2D eigenvalue weighted by Gasteiger charge is -2.14. The highest BCUT2D eigenvalue weighted by Crippen LogP contribution is 2.08. The van der Waals surface area contributed by atoms with Gasteiger partial charge in [0.25, 0.3) is 0 Å². The normalized spacial score (nSPS) is 11.7. The van der Waals surface area contributed by atoms with Crippen molar-refractivity contribution in [1.82, 2.24) is 10.6 Å². The van der Waals surface area contributed by atoms with E-state index in [2.05, 4.69) is 60.7 Å². The number of aliphatic imine (C=N–C) groups is 1. The van der Waals surface area contributed by atoms with Gasteiger partial charge in [0.1, 0.15) is 0 Å². The number of benzene rings is 1. The zero-order valence-corrected chi connectivity index (χ0v) is 12.7. The first kappa shape index (κ1) is 15.5. The number of nitrogens with one attached hydrogen (secondary N) is 2. The van der Waals surface area contributed by atoms with Crippen LogP contribution in [-0.4, -0.2) is 19.6 Å². The second-order valence-corrected chi connectivity index (χ2v) is 5.16. The summed E-state index contributed by atoms with van der Waals surface area (Å²) in [7, 11) is 1.82. The van der Waals surface area contributed by atoms with Crippen LogP contribution < -0.4 is 10.6 Å². The van der Waals surface area contributed by atoms with Gasteiger partial charge in [-0.25, -0.2) is 0 Å². The fourth-order valence-electron chi connectivity index (χ4n) is 1.95. The zero-order valence-electron chi connectivity index (χ0n) is 12.7. The molecular formula is C16H27N3. The van der Waals surface area contributed by atoms with Crippen LogP contribution in [0.3, 0.4) is 0 Å². The average Bonchev–Trinajstić information content (AvgIpc) is 2.42. The summed E-state index contributed by atoms with van der Waals surface area (Å²) < 4.78 is 0. The highest BCUT2D eigenvalue weighted by molar-refractivity contribution is 5.79. The molecule has 0 aliphatic rings. The molecule has 0 atom stereocenters. The molecule has 106 valence electrons. The monoisotopic (exact) mass is 261 g/mol. The molecule has 0 radical (unpaired) electrons. The largest absolute Gasteiger partial charge is 0.356 e. The minimum atomic E-state index is 0.714. The van der Waals surface area contributed by atoms with Crippen molar-refractivity contribution in [1.29, 1.82) is 0 Å². The van der Waals surface area contributed by atoms with E-state index in [1.807, 2.05) is 7.05 Å². The molecule has 0 unspecified atom stereocenters. The molecule has 0 spiro atoms. The summed E-state index contributed by atoms with van der Waals surface area (Å²) >= 11 is 0. The van der Waals surface area contributed by atoms with E-state index in [1.54, 1.807) is 0 Å². The summed E-state index contributed by atoms with van der Waals surface area (Å²) in [5.74, 6) is 1.60. The van der Waals surface area contributed by atoms with Crippen molar-refractivity contribution in [2.24, 2.45) is 10.9 Å². The van der Waals surface area contributed by atoms with Crippen molar-refractivity contribution in [2.45, 2.75) is 40.2 Å². The molecule has 2 N–H and O–H groups in total. The van der Waals surface area contributed by atoms with Crippen molar-refractivity contribution < 1.29 is 0 Å². The Labute approximate surface area is 117 Å². The van der Waals surface area contributed by atoms with Crippen LogP contribution in [0.15, 0.2) is 29.3 Å². The van der Waals surface area contributed by atoms with Crippen molar-refractivity contribution in [3.05, 3.63) is 35.4 Å². The molecule has 0 aliphatic heterocycles. The highest BCUT2D eigenvalue weighted by atomic mass is 15.2. The van der Waals surface area contributed by atoms with Crippen LogP contribution in [0.1, 0.15) is 38.3 Å². The molecule has 0 aliphatic carbocycles. The lowest BCUT2D eigenvalue weighted by Crippen LogP contribution is -2.37. The Morgan fingerprint density at radius 3 is 2.42 bits per heavy atom. The Kier molecular flexibility index (Phi) is 7.01. The van der Waals surface area contributed by atoms with Gasteiger partial charge in [-0.2, -0.15) is 0 Å². The number of nitrogens with zero attached hydrogens (tertiary/aromatic N) is 1. The number of guanidine groups is 1. The van der Waals surface area contributed by atoms with E-state index < -0.39 is 0 Å². The van der Waals surface area contributed by atoms with Gasteiger partial charge >= 0.3 is 0 Å². The van der Waals surface area contributed by atoms with Crippen LogP contribution in [0.2, 0.25) is 0 Å². The fourth-order valence-corrected chi connectivity index (χ4v) is 1.95. The van der Waals surface area contributed by atoms with Crippen LogP contribution in [0, 0.1) is 5.92 Å². The Morgan fingerprint density at radius 2 is 1.84 bits per heavy atom. The average molecular weight is 261 g/mol. The molecule has 0 bridgehead atoms. The first-order chi connectivity index (χ1) is 9.17. The molecule has 19 heavy (non-hydrogen) atoms. The van der Waals surface area contributed by atoms with Crippen molar-refractivity contribution in [3.8, 4) is 0 Å². The molecule has 0 saturated heterocycles. The van der Waals surface area contributed by atoms with Gasteiger partial charge in [0, 0.05) is 20.1 Å². The summed E-state index contributed by atoms with van der Waals surface area (Å²) in [6.45, 7) is 8.44. The second kappa shape index (κ2) is 8.57. The number of hydrogen-bond acceptors (Lipinski definition) is 1. The SMILES string of the molecule is CCc1ccccc1CNC(=NC)NCCC(C)C. The fraction of sp³-hybridized carbons (Fsp3) is 0.562. The van der Waals surface area contributed by atoms with E-state index in [-0.39, 0.29) is 0 Å². The summed E-state index contributed by atoms with van der Waals surface area (Å²) in [6, 6.07) is 8.54. The standard InChI is InChI=1S/C16H27N3/c1-5-14-8-6-7-9-15(14)12-19-16(17-4)18-11-10-13(2)3/h6-9,13H,5,10-12H2,1-4H3,(H2,17,18,19). The predicted molar refractivity (Wildman–Crippen MR) is 83.5 cm³/mol. The number of hydrogen-bond donors (Lipinski definition) is 2. The zero-order chi connectivity index (χ0) is 14.1. The molecule has 3 nitrogen and oxygen atoms in total. The maximum atomic E-state index is 4.25. The van der Waals surface area contributed by atoms with Gasteiger partial charge < -0.3 is 10.6 Å². The van der Waals surface area contributed by atoms with Crippen molar-refractivity contribution in [3.63, 3.8) is 0 Å². The summed E-state index contributed by atoms with van der Waals surface area (Å²) in [5.41, 5.74) is 2.74. The van der Waals surface area contributed by atoms with Crippen LogP contribution in [-0.2, 0) is 13.0 Å². The van der Waals surface area contributed by atoms with E-state index in [4.69, 9.17) is 0 Å². The Balaban J connectivity index is 2.45. The topological polar surface area (TPSA) is 36.4 Å². The molecule has 1 aromatic carbocycles. The summed E-state index contributed by atoms with van der Waals surface area (Å²) in [5, 5.41) is 6.72. The third kappa shape index (κ3) is 5.77. The minimum Gasteiger partial charge on any atom is -0.356 e. The Morgan fingerprint density at radius 1 is 1.16 bits per heavy atom. The van der Waals surface area contributed by atoms with Gasteiger partial charge in [-0.15, -0.1) is 0 Å². The van der Waals surface area contributed by atoms with Gasteiger partial charge in [-0.1, -0.05) is 45.0 Å². The van der Waals surface area contributed by atoms with E-state index in [0.717, 1.165) is 31.9 Å². The van der Waals surface area contributed by atoms with Gasteiger partial charge in [0.2, 0.25) is 0 Å². The maximum Gasteiger partial charge on any atom is 0.191 e. The molecular weight excluding hydrogens is 234 g/mol. The molecule has 0 fully saturated rings. The first-order valence-corrected chi connectivity index (χ1v) is 7.18. The van der Waals surface area contributed by atoms with Gasteiger partial charge in [-0.3, -0.25) is 4.99 Å². The lowest BCUT2D eigenvalue weighted by molar-refractivity contribution is 0.573. The molecule has 1 rings (SSSR count). The highest BCUT2D eigenvalue weighted by Gasteiger charge is 2.02. The molecule has 0 saturated carbocycles. The predicted octanol–water partition coefficient (Wildman–Crippen LogP) is 2.96. The lowest BCUT2D eigenvalue weighted by atomic mass is 10.1. The summed E-state index contributed by atoms with van der Waals surface area (Å²) in [4.78, 5) is 4.25. The smallest absolute Gasteiger partial charge is 0.191 e.